The molecule has 0 fully saturated rings. The number of esters is 1. The van der Waals surface area contributed by atoms with Crippen molar-refractivity contribution < 1.29 is 24.1 Å². The number of fused-ring (bicyclic) bond motifs is 1. The highest BCUT2D eigenvalue weighted by Crippen LogP contribution is 2.34. The van der Waals surface area contributed by atoms with Crippen molar-refractivity contribution in [2.45, 2.75) is 6.10 Å². The molecule has 80 valence electrons. The Bertz CT molecular complexity index is 387. The van der Waals surface area contributed by atoms with Crippen LogP contribution in [0.2, 0.25) is 0 Å². The highest BCUT2D eigenvalue weighted by atomic mass is 16.7. The lowest BCUT2D eigenvalue weighted by atomic mass is 10.1. The van der Waals surface area contributed by atoms with Gasteiger partial charge in [-0.3, -0.25) is 0 Å². The van der Waals surface area contributed by atoms with Crippen LogP contribution in [-0.4, -0.2) is 25.0 Å². The molecular weight excluding hydrogens is 200 g/mol. The summed E-state index contributed by atoms with van der Waals surface area (Å²) < 4.78 is 14.6. The Balaban J connectivity index is 2.26. The first-order valence-electron chi connectivity index (χ1n) is 4.38. The molecule has 0 amide bonds. The van der Waals surface area contributed by atoms with E-state index in [1.807, 2.05) is 0 Å². The van der Waals surface area contributed by atoms with Gasteiger partial charge in [0.1, 0.15) is 0 Å². The fraction of sp³-hybridized carbons (Fsp3) is 0.300. The molecule has 1 N–H and O–H groups in total. The maximum absolute atomic E-state index is 11.1. The first kappa shape index (κ1) is 9.79. The largest absolute Gasteiger partial charge is 0.467 e. The van der Waals surface area contributed by atoms with Crippen molar-refractivity contribution >= 4 is 5.97 Å². The normalized spacial score (nSPS) is 14.8. The molecule has 1 aliphatic heterocycles. The van der Waals surface area contributed by atoms with Gasteiger partial charge in [0.05, 0.1) is 7.11 Å². The van der Waals surface area contributed by atoms with Gasteiger partial charge in [0, 0.05) is 0 Å². The molecule has 5 heteroatoms. The van der Waals surface area contributed by atoms with Crippen molar-refractivity contribution in [2.75, 3.05) is 13.9 Å². The Hall–Kier alpha value is -1.75. The molecule has 0 aromatic heterocycles. The van der Waals surface area contributed by atoms with Crippen molar-refractivity contribution in [2.24, 2.45) is 0 Å². The number of hydrogen-bond donors (Lipinski definition) is 1. The molecule has 0 bridgehead atoms. The second-order valence-corrected chi connectivity index (χ2v) is 3.04. The molecule has 0 spiro atoms. The lowest BCUT2D eigenvalue weighted by molar-refractivity contribution is -0.150. The minimum atomic E-state index is -1.29. The fourth-order valence-corrected chi connectivity index (χ4v) is 1.33. The predicted octanol–water partition coefficient (Wildman–Crippen LogP) is 0.622. The second kappa shape index (κ2) is 3.78. The van der Waals surface area contributed by atoms with E-state index < -0.39 is 12.1 Å². The van der Waals surface area contributed by atoms with E-state index >= 15 is 0 Å². The van der Waals surface area contributed by atoms with E-state index in [1.54, 1.807) is 18.2 Å². The number of carbonyl (C=O) groups excluding carboxylic acids is 1. The van der Waals surface area contributed by atoms with Crippen LogP contribution in [0.25, 0.3) is 0 Å². The molecule has 1 heterocycles. The molecule has 0 unspecified atom stereocenters. The summed E-state index contributed by atoms with van der Waals surface area (Å²) >= 11 is 0. The third kappa shape index (κ3) is 1.73. The molecule has 1 aromatic carbocycles. The number of aliphatic hydroxyl groups excluding tert-OH is 1. The average Bonchev–Trinajstić information content (AvgIpc) is 2.73. The van der Waals surface area contributed by atoms with Crippen LogP contribution >= 0.6 is 0 Å². The Morgan fingerprint density at radius 1 is 1.47 bits per heavy atom. The molecular formula is C10H10O5. The van der Waals surface area contributed by atoms with E-state index in [4.69, 9.17) is 9.47 Å². The van der Waals surface area contributed by atoms with Gasteiger partial charge in [-0.1, -0.05) is 6.07 Å². The van der Waals surface area contributed by atoms with Crippen LogP contribution in [0, 0.1) is 0 Å². The zero-order valence-electron chi connectivity index (χ0n) is 8.10. The molecule has 0 radical (unpaired) electrons. The Kier molecular flexibility index (Phi) is 2.47. The standard InChI is InChI=1S/C10H10O5/c1-13-10(12)9(11)6-2-3-7-8(4-6)15-5-14-7/h2-4,9,11H,5H2,1H3/t9-/m1/s1. The van der Waals surface area contributed by atoms with Crippen molar-refractivity contribution in [1.29, 1.82) is 0 Å². The van der Waals surface area contributed by atoms with E-state index in [-0.39, 0.29) is 6.79 Å². The van der Waals surface area contributed by atoms with Crippen molar-refractivity contribution in [3.05, 3.63) is 23.8 Å². The first-order chi connectivity index (χ1) is 7.22. The summed E-state index contributed by atoms with van der Waals surface area (Å²) in [6.45, 7) is 0.160. The summed E-state index contributed by atoms with van der Waals surface area (Å²) in [7, 11) is 1.22. The van der Waals surface area contributed by atoms with Crippen LogP contribution in [0.5, 0.6) is 11.5 Å². The maximum Gasteiger partial charge on any atom is 0.339 e. The van der Waals surface area contributed by atoms with Crippen LogP contribution in [0.4, 0.5) is 0 Å². The number of carbonyl (C=O) groups is 1. The van der Waals surface area contributed by atoms with E-state index in [0.717, 1.165) is 0 Å². The first-order valence-corrected chi connectivity index (χ1v) is 4.38. The minimum absolute atomic E-state index is 0.160. The number of hydrogen-bond acceptors (Lipinski definition) is 5. The minimum Gasteiger partial charge on any atom is -0.467 e. The highest BCUT2D eigenvalue weighted by Gasteiger charge is 2.21. The highest BCUT2D eigenvalue weighted by molar-refractivity contribution is 5.76. The molecule has 1 aromatic rings. The number of aliphatic hydroxyl groups is 1. The Morgan fingerprint density at radius 3 is 2.93 bits per heavy atom. The predicted molar refractivity (Wildman–Crippen MR) is 49.5 cm³/mol. The van der Waals surface area contributed by atoms with Gasteiger partial charge in [0.25, 0.3) is 0 Å². The zero-order chi connectivity index (χ0) is 10.8. The quantitative estimate of drug-likeness (QED) is 0.725. The number of rotatable bonds is 2. The van der Waals surface area contributed by atoms with Crippen molar-refractivity contribution in [3.8, 4) is 11.5 Å². The van der Waals surface area contributed by atoms with Gasteiger partial charge in [-0.2, -0.15) is 0 Å². The summed E-state index contributed by atoms with van der Waals surface area (Å²) in [5, 5.41) is 9.55. The monoisotopic (exact) mass is 210 g/mol. The van der Waals surface area contributed by atoms with Crippen LogP contribution in [0.1, 0.15) is 11.7 Å². The third-order valence-corrected chi connectivity index (χ3v) is 2.14. The second-order valence-electron chi connectivity index (χ2n) is 3.04. The fourth-order valence-electron chi connectivity index (χ4n) is 1.33. The average molecular weight is 210 g/mol. The number of benzene rings is 1. The molecule has 1 aliphatic rings. The van der Waals surface area contributed by atoms with Gasteiger partial charge in [0.15, 0.2) is 17.6 Å². The SMILES string of the molecule is COC(=O)[C@H](O)c1ccc2c(c1)OCO2. The maximum atomic E-state index is 11.1. The van der Waals surface area contributed by atoms with E-state index in [0.29, 0.717) is 17.1 Å². The summed E-state index contributed by atoms with van der Waals surface area (Å²) in [5.74, 6) is 0.431. The molecule has 0 saturated carbocycles. The van der Waals surface area contributed by atoms with Gasteiger partial charge >= 0.3 is 5.97 Å². The van der Waals surface area contributed by atoms with Crippen LogP contribution in [-0.2, 0) is 9.53 Å². The summed E-state index contributed by atoms with van der Waals surface area (Å²) in [4.78, 5) is 11.1. The van der Waals surface area contributed by atoms with Gasteiger partial charge < -0.3 is 19.3 Å². The molecule has 0 aliphatic carbocycles. The lowest BCUT2D eigenvalue weighted by Gasteiger charge is -2.08. The number of ether oxygens (including phenoxy) is 3. The summed E-state index contributed by atoms with van der Waals surface area (Å²) in [5.41, 5.74) is 0.422. The van der Waals surface area contributed by atoms with Crippen LogP contribution < -0.4 is 9.47 Å². The van der Waals surface area contributed by atoms with Gasteiger partial charge in [0.2, 0.25) is 6.79 Å². The molecule has 0 saturated heterocycles. The van der Waals surface area contributed by atoms with E-state index in [1.165, 1.54) is 7.11 Å². The molecule has 2 rings (SSSR count). The summed E-state index contributed by atoms with van der Waals surface area (Å²) in [6, 6.07) is 4.79. The van der Waals surface area contributed by atoms with Crippen LogP contribution in [0.15, 0.2) is 18.2 Å². The Labute approximate surface area is 86.2 Å². The molecule has 1 atom stereocenters. The van der Waals surface area contributed by atoms with Crippen LogP contribution in [0.3, 0.4) is 0 Å². The third-order valence-electron chi connectivity index (χ3n) is 2.14. The summed E-state index contributed by atoms with van der Waals surface area (Å²) in [6.07, 6.45) is -1.29. The smallest absolute Gasteiger partial charge is 0.339 e. The topological polar surface area (TPSA) is 65.0 Å². The lowest BCUT2D eigenvalue weighted by Crippen LogP contribution is -2.13. The van der Waals surface area contributed by atoms with E-state index in [9.17, 15) is 9.90 Å². The molecule has 15 heavy (non-hydrogen) atoms. The zero-order valence-corrected chi connectivity index (χ0v) is 8.10. The van der Waals surface area contributed by atoms with Crippen molar-refractivity contribution in [3.63, 3.8) is 0 Å². The van der Waals surface area contributed by atoms with Gasteiger partial charge in [-0.05, 0) is 17.7 Å². The van der Waals surface area contributed by atoms with Gasteiger partial charge in [-0.25, -0.2) is 4.79 Å². The number of methoxy groups -OCH3 is 1. The van der Waals surface area contributed by atoms with E-state index in [2.05, 4.69) is 4.74 Å². The van der Waals surface area contributed by atoms with Gasteiger partial charge in [-0.15, -0.1) is 0 Å². The van der Waals surface area contributed by atoms with Crippen molar-refractivity contribution in [1.82, 2.24) is 0 Å². The Morgan fingerprint density at radius 2 is 2.20 bits per heavy atom. The molecule has 5 nitrogen and oxygen atoms in total.